The van der Waals surface area contributed by atoms with Gasteiger partial charge in [0.25, 0.3) is 0 Å². The molecule has 2 unspecified atom stereocenters. The predicted octanol–water partition coefficient (Wildman–Crippen LogP) is 3.25. The highest BCUT2D eigenvalue weighted by Gasteiger charge is 2.28. The van der Waals surface area contributed by atoms with Crippen molar-refractivity contribution in [3.05, 3.63) is 35.4 Å². The van der Waals surface area contributed by atoms with E-state index >= 15 is 0 Å². The van der Waals surface area contributed by atoms with Crippen molar-refractivity contribution in [2.24, 2.45) is 0 Å². The number of rotatable bonds is 8. The summed E-state index contributed by atoms with van der Waals surface area (Å²) < 4.78 is 24.8. The van der Waals surface area contributed by atoms with Crippen LogP contribution in [0.2, 0.25) is 0 Å². The van der Waals surface area contributed by atoms with E-state index in [0.29, 0.717) is 0 Å². The van der Waals surface area contributed by atoms with Crippen molar-refractivity contribution in [1.82, 2.24) is 5.32 Å². The summed E-state index contributed by atoms with van der Waals surface area (Å²) in [6, 6.07) is 7.91. The molecule has 2 atom stereocenters. The SMILES string of the molecule is CCCCCS(=O)(=O)C(C)C(NC)c1ccc(C)cc1. The maximum atomic E-state index is 12.4. The van der Waals surface area contributed by atoms with Crippen LogP contribution in [0.4, 0.5) is 0 Å². The first-order chi connectivity index (χ1) is 9.42. The Kier molecular flexibility index (Phi) is 6.69. The lowest BCUT2D eigenvalue weighted by molar-refractivity contribution is 0.528. The molecule has 0 amide bonds. The maximum Gasteiger partial charge on any atom is 0.154 e. The first-order valence-corrected chi connectivity index (χ1v) is 9.09. The van der Waals surface area contributed by atoms with E-state index in [9.17, 15) is 8.42 Å². The van der Waals surface area contributed by atoms with Crippen LogP contribution in [-0.2, 0) is 9.84 Å². The van der Waals surface area contributed by atoms with Crippen LogP contribution < -0.4 is 5.32 Å². The zero-order valence-electron chi connectivity index (χ0n) is 13.0. The molecule has 0 heterocycles. The summed E-state index contributed by atoms with van der Waals surface area (Å²) in [6.07, 6.45) is 2.77. The van der Waals surface area contributed by atoms with E-state index < -0.39 is 15.1 Å². The van der Waals surface area contributed by atoms with Crippen LogP contribution in [0, 0.1) is 6.92 Å². The van der Waals surface area contributed by atoms with Gasteiger partial charge in [-0.25, -0.2) is 8.42 Å². The zero-order chi connectivity index (χ0) is 15.2. The molecule has 0 aliphatic carbocycles. The van der Waals surface area contributed by atoms with Gasteiger partial charge >= 0.3 is 0 Å². The van der Waals surface area contributed by atoms with E-state index in [1.807, 2.05) is 45.2 Å². The summed E-state index contributed by atoms with van der Waals surface area (Å²) in [5.41, 5.74) is 2.21. The molecule has 1 aromatic carbocycles. The molecule has 3 nitrogen and oxygen atoms in total. The van der Waals surface area contributed by atoms with Gasteiger partial charge in [-0.1, -0.05) is 49.6 Å². The minimum atomic E-state index is -3.06. The second-order valence-corrected chi connectivity index (χ2v) is 7.93. The van der Waals surface area contributed by atoms with Crippen LogP contribution in [-0.4, -0.2) is 26.5 Å². The fourth-order valence-corrected chi connectivity index (χ4v) is 4.08. The number of hydrogen-bond acceptors (Lipinski definition) is 3. The molecule has 0 aromatic heterocycles. The minimum absolute atomic E-state index is 0.151. The Bertz CT molecular complexity index is 494. The number of unbranched alkanes of at least 4 members (excludes halogenated alkanes) is 2. The molecule has 0 saturated heterocycles. The summed E-state index contributed by atoms with van der Waals surface area (Å²) in [5.74, 6) is 0.284. The zero-order valence-corrected chi connectivity index (χ0v) is 13.8. The predicted molar refractivity (Wildman–Crippen MR) is 85.8 cm³/mol. The summed E-state index contributed by atoms with van der Waals surface area (Å²) in [4.78, 5) is 0. The summed E-state index contributed by atoms with van der Waals surface area (Å²) >= 11 is 0. The van der Waals surface area contributed by atoms with Crippen molar-refractivity contribution in [3.63, 3.8) is 0 Å². The van der Waals surface area contributed by atoms with Gasteiger partial charge in [-0.2, -0.15) is 0 Å². The molecule has 1 aromatic rings. The van der Waals surface area contributed by atoms with E-state index in [1.54, 1.807) is 0 Å². The van der Waals surface area contributed by atoms with Crippen molar-refractivity contribution in [2.75, 3.05) is 12.8 Å². The number of benzene rings is 1. The molecule has 0 bridgehead atoms. The third-order valence-electron chi connectivity index (χ3n) is 3.82. The molecule has 4 heteroatoms. The standard InChI is InChI=1S/C16H27NO2S/c1-5-6-7-12-20(18,19)14(3)16(17-4)15-10-8-13(2)9-11-15/h8-11,14,16-17H,5-7,12H2,1-4H3. The Morgan fingerprint density at radius 1 is 1.15 bits per heavy atom. The molecule has 1 N–H and O–H groups in total. The summed E-state index contributed by atoms with van der Waals surface area (Å²) in [7, 11) is -1.24. The monoisotopic (exact) mass is 297 g/mol. The Hall–Kier alpha value is -0.870. The molecule has 0 aliphatic heterocycles. The van der Waals surface area contributed by atoms with Gasteiger partial charge in [-0.15, -0.1) is 0 Å². The molecular weight excluding hydrogens is 270 g/mol. The van der Waals surface area contributed by atoms with Gasteiger partial charge < -0.3 is 5.32 Å². The molecule has 0 spiro atoms. The number of nitrogens with one attached hydrogen (secondary N) is 1. The molecule has 0 saturated carbocycles. The average Bonchev–Trinajstić information content (AvgIpc) is 2.41. The molecule has 114 valence electrons. The fraction of sp³-hybridized carbons (Fsp3) is 0.625. The first-order valence-electron chi connectivity index (χ1n) is 7.37. The van der Waals surface area contributed by atoms with Crippen molar-refractivity contribution in [2.45, 2.75) is 51.3 Å². The quantitative estimate of drug-likeness (QED) is 0.749. The van der Waals surface area contributed by atoms with E-state index in [0.717, 1.165) is 24.8 Å². The summed E-state index contributed by atoms with van der Waals surface area (Å²) in [5, 5.41) is 2.74. The second kappa shape index (κ2) is 7.79. The lowest BCUT2D eigenvalue weighted by atomic mass is 10.0. The fourth-order valence-electron chi connectivity index (χ4n) is 2.39. The van der Waals surface area contributed by atoms with Gasteiger partial charge in [0.05, 0.1) is 11.0 Å². The van der Waals surface area contributed by atoms with E-state index in [-0.39, 0.29) is 11.8 Å². The Morgan fingerprint density at radius 3 is 2.25 bits per heavy atom. The van der Waals surface area contributed by atoms with Crippen LogP contribution >= 0.6 is 0 Å². The minimum Gasteiger partial charge on any atom is -0.312 e. The number of sulfone groups is 1. The van der Waals surface area contributed by atoms with Gasteiger partial charge in [-0.05, 0) is 32.9 Å². The van der Waals surface area contributed by atoms with Gasteiger partial charge in [-0.3, -0.25) is 0 Å². The highest BCUT2D eigenvalue weighted by molar-refractivity contribution is 7.92. The van der Waals surface area contributed by atoms with E-state index in [1.165, 1.54) is 5.56 Å². The molecule has 0 aliphatic rings. The van der Waals surface area contributed by atoms with Crippen molar-refractivity contribution in [3.8, 4) is 0 Å². The van der Waals surface area contributed by atoms with Crippen LogP contribution in [0.25, 0.3) is 0 Å². The normalized spacial score (nSPS) is 15.0. The Labute approximate surface area is 123 Å². The largest absolute Gasteiger partial charge is 0.312 e. The smallest absolute Gasteiger partial charge is 0.154 e. The van der Waals surface area contributed by atoms with Gasteiger partial charge in [0.2, 0.25) is 0 Å². The number of hydrogen-bond donors (Lipinski definition) is 1. The van der Waals surface area contributed by atoms with Crippen molar-refractivity contribution < 1.29 is 8.42 Å². The second-order valence-electron chi connectivity index (χ2n) is 5.46. The van der Waals surface area contributed by atoms with E-state index in [4.69, 9.17) is 0 Å². The van der Waals surface area contributed by atoms with Gasteiger partial charge in [0.15, 0.2) is 9.84 Å². The number of aryl methyl sites for hydroxylation is 1. The van der Waals surface area contributed by atoms with E-state index in [2.05, 4.69) is 12.2 Å². The van der Waals surface area contributed by atoms with Crippen molar-refractivity contribution in [1.29, 1.82) is 0 Å². The van der Waals surface area contributed by atoms with Crippen LogP contribution in [0.1, 0.15) is 50.3 Å². The van der Waals surface area contributed by atoms with Crippen LogP contribution in [0.5, 0.6) is 0 Å². The van der Waals surface area contributed by atoms with Crippen LogP contribution in [0.15, 0.2) is 24.3 Å². The molecule has 20 heavy (non-hydrogen) atoms. The Morgan fingerprint density at radius 2 is 1.75 bits per heavy atom. The Balaban J connectivity index is 2.85. The molecule has 0 fully saturated rings. The van der Waals surface area contributed by atoms with Crippen LogP contribution in [0.3, 0.4) is 0 Å². The lowest BCUT2D eigenvalue weighted by Gasteiger charge is -2.24. The van der Waals surface area contributed by atoms with Gasteiger partial charge in [0.1, 0.15) is 0 Å². The first kappa shape index (κ1) is 17.2. The van der Waals surface area contributed by atoms with Crippen molar-refractivity contribution >= 4 is 9.84 Å². The highest BCUT2D eigenvalue weighted by atomic mass is 32.2. The molecular formula is C16H27NO2S. The topological polar surface area (TPSA) is 46.2 Å². The molecule has 0 radical (unpaired) electrons. The third kappa shape index (κ3) is 4.60. The highest BCUT2D eigenvalue weighted by Crippen LogP contribution is 2.23. The third-order valence-corrected chi connectivity index (χ3v) is 6.08. The summed E-state index contributed by atoms with van der Waals surface area (Å²) in [6.45, 7) is 5.92. The maximum absolute atomic E-state index is 12.4. The lowest BCUT2D eigenvalue weighted by Crippen LogP contribution is -2.34. The van der Waals surface area contributed by atoms with Gasteiger partial charge in [0, 0.05) is 6.04 Å². The molecule has 1 rings (SSSR count). The average molecular weight is 297 g/mol.